The Kier molecular flexibility index (Phi) is 5.97. The second kappa shape index (κ2) is 7.85. The van der Waals surface area contributed by atoms with Crippen molar-refractivity contribution in [3.63, 3.8) is 0 Å². The maximum atomic E-state index is 13.1. The number of carbonyl (C=O) groups excluding carboxylic acids is 2. The van der Waals surface area contributed by atoms with E-state index in [0.717, 1.165) is 4.90 Å². The molecule has 0 unspecified atom stereocenters. The van der Waals surface area contributed by atoms with Crippen molar-refractivity contribution in [3.05, 3.63) is 29.8 Å². The average Bonchev–Trinajstić information content (AvgIpc) is 3.05. The zero-order valence-electron chi connectivity index (χ0n) is 14.7. The smallest absolute Gasteiger partial charge is 0.394 e. The summed E-state index contributed by atoms with van der Waals surface area (Å²) in [5.74, 6) is -6.56. The van der Waals surface area contributed by atoms with Gasteiger partial charge < -0.3 is 19.6 Å². The van der Waals surface area contributed by atoms with Crippen LogP contribution in [0.3, 0.4) is 0 Å². The van der Waals surface area contributed by atoms with Crippen LogP contribution in [0.1, 0.15) is 10.4 Å². The van der Waals surface area contributed by atoms with Gasteiger partial charge in [-0.3, -0.25) is 14.4 Å². The Morgan fingerprint density at radius 3 is 2.37 bits per heavy atom. The largest absolute Gasteiger partial charge is 0.483 e. The number of carbonyl (C=O) groups is 3. The number of halogens is 3. The summed E-state index contributed by atoms with van der Waals surface area (Å²) < 4.78 is 44.7. The van der Waals surface area contributed by atoms with E-state index in [1.165, 1.54) is 37.2 Å². The molecule has 1 N–H and O–H groups in total. The molecule has 7 nitrogen and oxygen atoms in total. The number of benzene rings is 1. The van der Waals surface area contributed by atoms with Crippen molar-refractivity contribution in [2.75, 3.05) is 33.8 Å². The molecule has 2 amide bonds. The number of amides is 2. The van der Waals surface area contributed by atoms with Gasteiger partial charge in [0.1, 0.15) is 5.75 Å². The molecule has 1 fully saturated rings. The van der Waals surface area contributed by atoms with Gasteiger partial charge in [-0.15, -0.1) is 0 Å². The summed E-state index contributed by atoms with van der Waals surface area (Å²) in [6.45, 7) is -1.65. The number of para-hydroxylation sites is 1. The quantitative estimate of drug-likeness (QED) is 0.826. The molecular weight excluding hydrogens is 369 g/mol. The van der Waals surface area contributed by atoms with E-state index in [0.29, 0.717) is 0 Å². The second-order valence-corrected chi connectivity index (χ2v) is 6.38. The number of likely N-dealkylation sites (tertiary alicyclic amines) is 1. The van der Waals surface area contributed by atoms with E-state index in [1.54, 1.807) is 6.07 Å². The van der Waals surface area contributed by atoms with E-state index in [4.69, 9.17) is 9.84 Å². The molecule has 2 rings (SSSR count). The summed E-state index contributed by atoms with van der Waals surface area (Å²) in [4.78, 5) is 37.6. The van der Waals surface area contributed by atoms with E-state index in [1.807, 2.05) is 0 Å². The zero-order chi connectivity index (χ0) is 20.4. The van der Waals surface area contributed by atoms with Crippen LogP contribution < -0.4 is 4.74 Å². The van der Waals surface area contributed by atoms with Gasteiger partial charge in [-0.25, -0.2) is 0 Å². The molecule has 148 valence electrons. The standard InChI is InChI=1S/C17H19F3N2O5/c1-21(2)14(23)9-27-13-6-4-3-5-10(13)15(24)22-7-11(16(25)26)12(8-22)17(18,19)20/h3-6,11-12H,7-9H2,1-2H3,(H,25,26)/t11-,12-/m1/s1. The van der Waals surface area contributed by atoms with Gasteiger partial charge in [0.05, 0.1) is 17.4 Å². The first kappa shape index (κ1) is 20.5. The Labute approximate surface area is 153 Å². The van der Waals surface area contributed by atoms with Gasteiger partial charge in [0.2, 0.25) is 0 Å². The summed E-state index contributed by atoms with van der Waals surface area (Å²) in [6.07, 6.45) is -4.73. The number of carboxylic acids is 1. The van der Waals surface area contributed by atoms with Crippen LogP contribution in [0.5, 0.6) is 5.75 Å². The normalized spacial score (nSPS) is 19.7. The van der Waals surface area contributed by atoms with E-state index < -0.39 is 43.0 Å². The number of likely N-dealkylation sites (N-methyl/N-ethyl adjacent to an activating group) is 1. The molecular formula is C17H19F3N2O5. The van der Waals surface area contributed by atoms with Crippen LogP contribution in [0, 0.1) is 11.8 Å². The number of hydrogen-bond acceptors (Lipinski definition) is 4. The SMILES string of the molecule is CN(C)C(=O)COc1ccccc1C(=O)N1C[C@@H](C(F)(F)F)[C@H](C(=O)O)C1. The fourth-order valence-corrected chi connectivity index (χ4v) is 2.76. The molecule has 1 aromatic carbocycles. The Morgan fingerprint density at radius 1 is 1.22 bits per heavy atom. The molecule has 27 heavy (non-hydrogen) atoms. The van der Waals surface area contributed by atoms with Gasteiger partial charge in [-0.2, -0.15) is 13.2 Å². The fraction of sp³-hybridized carbons (Fsp3) is 0.471. The minimum atomic E-state index is -4.73. The van der Waals surface area contributed by atoms with Gasteiger partial charge in [0.15, 0.2) is 6.61 Å². The molecule has 0 saturated carbocycles. The van der Waals surface area contributed by atoms with Crippen molar-refractivity contribution in [2.45, 2.75) is 6.18 Å². The highest BCUT2D eigenvalue weighted by Gasteiger charge is 2.53. The monoisotopic (exact) mass is 388 g/mol. The molecule has 1 aliphatic heterocycles. The Morgan fingerprint density at radius 2 is 1.85 bits per heavy atom. The fourth-order valence-electron chi connectivity index (χ4n) is 2.76. The summed E-state index contributed by atoms with van der Waals surface area (Å²) in [5.41, 5.74) is -0.0315. The molecule has 0 radical (unpaired) electrons. The molecule has 0 aliphatic carbocycles. The number of aliphatic carboxylic acids is 1. The van der Waals surface area contributed by atoms with E-state index >= 15 is 0 Å². The van der Waals surface area contributed by atoms with Crippen LogP contribution in [0.4, 0.5) is 13.2 Å². The molecule has 1 saturated heterocycles. The Balaban J connectivity index is 2.21. The highest BCUT2D eigenvalue weighted by Crippen LogP contribution is 2.38. The summed E-state index contributed by atoms with van der Waals surface area (Å²) in [6, 6.07) is 5.82. The predicted molar refractivity (Wildman–Crippen MR) is 87.2 cm³/mol. The number of carboxylic acid groups (broad SMARTS) is 1. The van der Waals surface area contributed by atoms with Crippen LogP contribution in [0.2, 0.25) is 0 Å². The van der Waals surface area contributed by atoms with Crippen LogP contribution in [0.15, 0.2) is 24.3 Å². The lowest BCUT2D eigenvalue weighted by Crippen LogP contribution is -2.34. The molecule has 1 heterocycles. The van der Waals surface area contributed by atoms with Crippen molar-refractivity contribution >= 4 is 17.8 Å². The third kappa shape index (κ3) is 4.69. The molecule has 1 aliphatic rings. The molecule has 0 spiro atoms. The third-order valence-electron chi connectivity index (χ3n) is 4.31. The number of hydrogen-bond donors (Lipinski definition) is 1. The highest BCUT2D eigenvalue weighted by atomic mass is 19.4. The van der Waals surface area contributed by atoms with E-state index in [9.17, 15) is 27.6 Å². The first-order valence-corrected chi connectivity index (χ1v) is 8.03. The minimum absolute atomic E-state index is 0.0315. The summed E-state index contributed by atoms with van der Waals surface area (Å²) in [5, 5.41) is 9.06. The lowest BCUT2D eigenvalue weighted by Gasteiger charge is -2.19. The lowest BCUT2D eigenvalue weighted by atomic mass is 9.96. The van der Waals surface area contributed by atoms with Crippen molar-refractivity contribution in [3.8, 4) is 5.75 Å². The first-order valence-electron chi connectivity index (χ1n) is 8.03. The van der Waals surface area contributed by atoms with Gasteiger partial charge in [0.25, 0.3) is 11.8 Å². The maximum absolute atomic E-state index is 13.1. The highest BCUT2D eigenvalue weighted by molar-refractivity contribution is 5.97. The van der Waals surface area contributed by atoms with Gasteiger partial charge in [-0.05, 0) is 12.1 Å². The molecule has 1 aromatic rings. The summed E-state index contributed by atoms with van der Waals surface area (Å²) >= 11 is 0. The van der Waals surface area contributed by atoms with Gasteiger partial charge >= 0.3 is 12.1 Å². The maximum Gasteiger partial charge on any atom is 0.394 e. The Bertz CT molecular complexity index is 736. The van der Waals surface area contributed by atoms with Crippen LogP contribution in [-0.4, -0.2) is 72.7 Å². The van der Waals surface area contributed by atoms with Gasteiger partial charge in [-0.1, -0.05) is 12.1 Å². The topological polar surface area (TPSA) is 87.2 Å². The van der Waals surface area contributed by atoms with Crippen molar-refractivity contribution in [1.82, 2.24) is 9.80 Å². The molecule has 0 aromatic heterocycles. The number of alkyl halides is 3. The van der Waals surface area contributed by atoms with Crippen molar-refractivity contribution in [2.24, 2.45) is 11.8 Å². The third-order valence-corrected chi connectivity index (χ3v) is 4.31. The van der Waals surface area contributed by atoms with Crippen molar-refractivity contribution in [1.29, 1.82) is 0 Å². The number of ether oxygens (including phenoxy) is 1. The first-order chi connectivity index (χ1) is 12.5. The molecule has 10 heteroatoms. The minimum Gasteiger partial charge on any atom is -0.483 e. The number of rotatable bonds is 5. The molecule has 2 atom stereocenters. The average molecular weight is 388 g/mol. The summed E-state index contributed by atoms with van der Waals surface area (Å²) in [7, 11) is 3.05. The predicted octanol–water partition coefficient (Wildman–Crippen LogP) is 1.49. The van der Waals surface area contributed by atoms with Crippen LogP contribution in [-0.2, 0) is 9.59 Å². The van der Waals surface area contributed by atoms with Crippen LogP contribution in [0.25, 0.3) is 0 Å². The molecule has 0 bridgehead atoms. The second-order valence-electron chi connectivity index (χ2n) is 6.38. The zero-order valence-corrected chi connectivity index (χ0v) is 14.7. The number of nitrogens with zero attached hydrogens (tertiary/aromatic N) is 2. The van der Waals surface area contributed by atoms with Gasteiger partial charge in [0, 0.05) is 27.2 Å². The lowest BCUT2D eigenvalue weighted by molar-refractivity contribution is -0.187. The van der Waals surface area contributed by atoms with Crippen LogP contribution >= 0.6 is 0 Å². The van der Waals surface area contributed by atoms with E-state index in [2.05, 4.69) is 0 Å². The Hall–Kier alpha value is -2.78. The van der Waals surface area contributed by atoms with E-state index in [-0.39, 0.29) is 23.8 Å². The van der Waals surface area contributed by atoms with Crippen molar-refractivity contribution < 1.29 is 37.4 Å².